The number of aryl methyl sites for hydroxylation is 1. The molecule has 0 bridgehead atoms. The molecule has 0 aliphatic heterocycles. The average Bonchev–Trinajstić information content (AvgIpc) is 2.86. The van der Waals surface area contributed by atoms with Crippen LogP contribution in [-0.4, -0.2) is 10.4 Å². The van der Waals surface area contributed by atoms with Crippen molar-refractivity contribution in [1.82, 2.24) is 4.57 Å². The van der Waals surface area contributed by atoms with Crippen LogP contribution in [0.1, 0.15) is 26.2 Å². The fourth-order valence-electron chi connectivity index (χ4n) is 3.11. The zero-order chi connectivity index (χ0) is 16.2. The summed E-state index contributed by atoms with van der Waals surface area (Å²) in [4.78, 5) is 12.4. The number of hydrogen-bond donors (Lipinski definition) is 0. The summed E-state index contributed by atoms with van der Waals surface area (Å²) < 4.78 is 4.33. The van der Waals surface area contributed by atoms with Crippen molar-refractivity contribution < 1.29 is 9.36 Å². The van der Waals surface area contributed by atoms with Gasteiger partial charge in [-0.1, -0.05) is 43.7 Å². The number of carbonyl (C=O) groups is 1. The largest absolute Gasteiger partial charge is 0.295 e. The van der Waals surface area contributed by atoms with Crippen molar-refractivity contribution in [2.75, 3.05) is 0 Å². The summed E-state index contributed by atoms with van der Waals surface area (Å²) in [6.07, 6.45) is 2.67. The van der Waals surface area contributed by atoms with Gasteiger partial charge in [0.1, 0.15) is 6.54 Å². The minimum Gasteiger partial charge on any atom is -0.295 e. The summed E-state index contributed by atoms with van der Waals surface area (Å²) in [7, 11) is 2.07. The van der Waals surface area contributed by atoms with Crippen molar-refractivity contribution in [2.24, 2.45) is 7.05 Å². The SMILES string of the molecule is Br.CCCCC(=O)Cn1c(-c2ccccc2)[n+](C)c2ccccc21. The van der Waals surface area contributed by atoms with E-state index >= 15 is 0 Å². The smallest absolute Gasteiger partial charge is 0.290 e. The molecule has 0 atom stereocenters. The molecule has 4 heteroatoms. The van der Waals surface area contributed by atoms with Crippen molar-refractivity contribution in [2.45, 2.75) is 32.7 Å². The molecule has 3 nitrogen and oxygen atoms in total. The molecule has 0 aliphatic carbocycles. The number of ketones is 1. The number of halogens is 1. The topological polar surface area (TPSA) is 25.9 Å². The molecule has 1 aromatic heterocycles. The lowest BCUT2D eigenvalue weighted by Gasteiger charge is -2.03. The van der Waals surface area contributed by atoms with Crippen molar-refractivity contribution in [3.05, 3.63) is 54.6 Å². The van der Waals surface area contributed by atoms with Crippen LogP contribution in [0, 0.1) is 0 Å². The van der Waals surface area contributed by atoms with Gasteiger partial charge in [-0.15, -0.1) is 17.0 Å². The number of hydrogen-bond acceptors (Lipinski definition) is 1. The quantitative estimate of drug-likeness (QED) is 0.572. The van der Waals surface area contributed by atoms with Crippen LogP contribution >= 0.6 is 17.0 Å². The van der Waals surface area contributed by atoms with Crippen molar-refractivity contribution in [3.8, 4) is 11.4 Å². The van der Waals surface area contributed by atoms with Crippen LogP contribution < -0.4 is 4.57 Å². The number of rotatable bonds is 6. The first-order valence-corrected chi connectivity index (χ1v) is 8.26. The highest BCUT2D eigenvalue weighted by atomic mass is 79.9. The number of para-hydroxylation sites is 2. The second kappa shape index (κ2) is 8.25. The summed E-state index contributed by atoms with van der Waals surface area (Å²) >= 11 is 0. The van der Waals surface area contributed by atoms with E-state index in [0.29, 0.717) is 18.7 Å². The highest BCUT2D eigenvalue weighted by Gasteiger charge is 2.25. The standard InChI is InChI=1S/C20H23N2O.BrH/c1-3-4-12-17(23)15-22-19-14-9-8-13-18(19)21(2)20(22)16-10-6-5-7-11-16;/h5-11,13-14H,3-4,12,15H2,1-2H3;1H/q+1;. The Kier molecular flexibility index (Phi) is 6.32. The summed E-state index contributed by atoms with van der Waals surface area (Å²) in [5.74, 6) is 1.38. The van der Waals surface area contributed by atoms with E-state index in [1.807, 2.05) is 30.3 Å². The molecule has 3 rings (SSSR count). The fraction of sp³-hybridized carbons (Fsp3) is 0.300. The third-order valence-corrected chi connectivity index (χ3v) is 4.28. The third-order valence-electron chi connectivity index (χ3n) is 4.28. The van der Waals surface area contributed by atoms with Gasteiger partial charge in [-0.05, 0) is 30.7 Å². The second-order valence-electron chi connectivity index (χ2n) is 5.97. The van der Waals surface area contributed by atoms with Crippen molar-refractivity contribution >= 4 is 33.8 Å². The fourth-order valence-corrected chi connectivity index (χ4v) is 3.11. The minimum absolute atomic E-state index is 0. The van der Waals surface area contributed by atoms with Crippen LogP contribution in [-0.2, 0) is 18.4 Å². The summed E-state index contributed by atoms with van der Waals surface area (Å²) in [6, 6.07) is 18.6. The first-order valence-electron chi connectivity index (χ1n) is 8.26. The number of imidazole rings is 1. The molecule has 0 aliphatic rings. The zero-order valence-corrected chi connectivity index (χ0v) is 15.9. The highest BCUT2D eigenvalue weighted by Crippen LogP contribution is 2.23. The molecule has 0 N–H and O–H groups in total. The zero-order valence-electron chi connectivity index (χ0n) is 14.2. The second-order valence-corrected chi connectivity index (χ2v) is 5.97. The van der Waals surface area contributed by atoms with E-state index in [9.17, 15) is 4.79 Å². The Bertz CT molecular complexity index is 824. The van der Waals surface area contributed by atoms with E-state index in [1.165, 1.54) is 0 Å². The van der Waals surface area contributed by atoms with Crippen LogP contribution in [0.15, 0.2) is 54.6 Å². The number of fused-ring (bicyclic) bond motifs is 1. The van der Waals surface area contributed by atoms with Gasteiger partial charge >= 0.3 is 0 Å². The van der Waals surface area contributed by atoms with Gasteiger partial charge in [-0.3, -0.25) is 4.79 Å². The normalized spacial score (nSPS) is 10.6. The molecule has 0 saturated heterocycles. The van der Waals surface area contributed by atoms with Crippen LogP contribution in [0.2, 0.25) is 0 Å². The maximum absolute atomic E-state index is 12.4. The Hall–Kier alpha value is -1.94. The van der Waals surface area contributed by atoms with Crippen LogP contribution in [0.3, 0.4) is 0 Å². The van der Waals surface area contributed by atoms with Gasteiger partial charge in [-0.25, -0.2) is 9.13 Å². The van der Waals surface area contributed by atoms with E-state index in [0.717, 1.165) is 35.3 Å². The first kappa shape index (κ1) is 18.4. The van der Waals surface area contributed by atoms with Crippen molar-refractivity contribution in [1.29, 1.82) is 0 Å². The van der Waals surface area contributed by atoms with E-state index in [1.54, 1.807) is 0 Å². The molecular weight excluding hydrogens is 364 g/mol. The monoisotopic (exact) mass is 387 g/mol. The highest BCUT2D eigenvalue weighted by molar-refractivity contribution is 8.93. The molecule has 0 amide bonds. The maximum Gasteiger partial charge on any atom is 0.290 e. The van der Waals surface area contributed by atoms with Gasteiger partial charge < -0.3 is 0 Å². The van der Waals surface area contributed by atoms with Gasteiger partial charge in [0.25, 0.3) is 5.82 Å². The molecule has 0 fully saturated rings. The lowest BCUT2D eigenvalue weighted by atomic mass is 10.1. The molecular formula is C20H24BrN2O+. The summed E-state index contributed by atoms with van der Waals surface area (Å²) in [6.45, 7) is 2.55. The molecule has 126 valence electrons. The van der Waals surface area contributed by atoms with Gasteiger partial charge in [0.2, 0.25) is 0 Å². The van der Waals surface area contributed by atoms with Crippen LogP contribution in [0.4, 0.5) is 0 Å². The predicted molar refractivity (Wildman–Crippen MR) is 103 cm³/mol. The Balaban J connectivity index is 0.00000208. The first-order chi connectivity index (χ1) is 11.2. The Morgan fingerprint density at radius 3 is 2.42 bits per heavy atom. The molecule has 1 heterocycles. The number of aromatic nitrogens is 2. The Morgan fingerprint density at radius 1 is 1.04 bits per heavy atom. The Labute approximate surface area is 153 Å². The summed E-state index contributed by atoms with van der Waals surface area (Å²) in [5.41, 5.74) is 3.39. The van der Waals surface area contributed by atoms with E-state index in [-0.39, 0.29) is 17.0 Å². The van der Waals surface area contributed by atoms with Gasteiger partial charge in [0.15, 0.2) is 16.8 Å². The van der Waals surface area contributed by atoms with E-state index in [4.69, 9.17) is 0 Å². The van der Waals surface area contributed by atoms with Gasteiger partial charge in [0, 0.05) is 6.42 Å². The van der Waals surface area contributed by atoms with E-state index in [2.05, 4.69) is 47.4 Å². The minimum atomic E-state index is 0. The third kappa shape index (κ3) is 3.59. The molecule has 0 radical (unpaired) electrons. The maximum atomic E-state index is 12.4. The number of carbonyl (C=O) groups excluding carboxylic acids is 1. The lowest BCUT2D eigenvalue weighted by Crippen LogP contribution is -2.30. The molecule has 2 aromatic carbocycles. The summed E-state index contributed by atoms with van der Waals surface area (Å²) in [5, 5.41) is 0. The molecule has 0 saturated carbocycles. The number of nitrogens with zero attached hydrogens (tertiary/aromatic N) is 2. The van der Waals surface area contributed by atoms with E-state index < -0.39 is 0 Å². The predicted octanol–water partition coefficient (Wildman–Crippen LogP) is 4.47. The molecule has 0 spiro atoms. The molecule has 24 heavy (non-hydrogen) atoms. The average molecular weight is 388 g/mol. The van der Waals surface area contributed by atoms with Gasteiger partial charge in [-0.2, -0.15) is 0 Å². The van der Waals surface area contributed by atoms with Crippen molar-refractivity contribution in [3.63, 3.8) is 0 Å². The Morgan fingerprint density at radius 2 is 1.71 bits per heavy atom. The lowest BCUT2D eigenvalue weighted by molar-refractivity contribution is -0.634. The number of benzene rings is 2. The van der Waals surface area contributed by atoms with Crippen LogP contribution in [0.5, 0.6) is 0 Å². The molecule has 3 aromatic rings. The van der Waals surface area contributed by atoms with Crippen LogP contribution in [0.25, 0.3) is 22.4 Å². The number of Topliss-reactive ketones (excluding diaryl/α,β-unsaturated/α-hetero) is 1. The molecule has 0 unspecified atom stereocenters. The van der Waals surface area contributed by atoms with Gasteiger partial charge in [0.05, 0.1) is 12.6 Å². The number of unbranched alkanes of at least 4 members (excludes halogenated alkanes) is 1.